The van der Waals surface area contributed by atoms with Crippen molar-refractivity contribution in [3.8, 4) is 6.07 Å². The van der Waals surface area contributed by atoms with Gasteiger partial charge in [-0.2, -0.15) is 18.4 Å². The summed E-state index contributed by atoms with van der Waals surface area (Å²) in [5.74, 6) is 2.52. The maximum absolute atomic E-state index is 12.7. The molecule has 0 unspecified atom stereocenters. The highest BCUT2D eigenvalue weighted by atomic mass is 19.4. The van der Waals surface area contributed by atoms with E-state index in [0.29, 0.717) is 11.8 Å². The summed E-state index contributed by atoms with van der Waals surface area (Å²) in [4.78, 5) is 0. The molecular weight excluding hydrogens is 335 g/mol. The second kappa shape index (κ2) is 8.29. The number of rotatable bonds is 3. The third-order valence-corrected chi connectivity index (χ3v) is 6.41. The molecule has 0 aromatic heterocycles. The molecule has 1 nitrogen and oxygen atoms in total. The zero-order chi connectivity index (χ0) is 18.6. The molecule has 0 heterocycles. The largest absolute Gasteiger partial charge is 0.416 e. The predicted molar refractivity (Wildman–Crippen MR) is 96.3 cm³/mol. The molecule has 4 heteroatoms. The standard InChI is InChI=1S/C22H26F3N/c23-22(24,25)21-13-11-20(12-14-21)19-9-7-18(8-10-19)17-5-3-16(4-6-17)2-1-15-26/h1-2,11-14,16-19H,3-10H2/b2-1+. The van der Waals surface area contributed by atoms with Crippen LogP contribution in [0, 0.1) is 29.1 Å². The zero-order valence-corrected chi connectivity index (χ0v) is 15.0. The molecule has 0 radical (unpaired) electrons. The lowest BCUT2D eigenvalue weighted by Gasteiger charge is -2.37. The van der Waals surface area contributed by atoms with E-state index in [1.807, 2.05) is 0 Å². The van der Waals surface area contributed by atoms with Crippen molar-refractivity contribution in [2.24, 2.45) is 17.8 Å². The van der Waals surface area contributed by atoms with E-state index in [-0.39, 0.29) is 0 Å². The van der Waals surface area contributed by atoms with E-state index in [9.17, 15) is 13.2 Å². The summed E-state index contributed by atoms with van der Waals surface area (Å²) in [7, 11) is 0. The first kappa shape index (κ1) is 19.0. The smallest absolute Gasteiger partial charge is 0.193 e. The van der Waals surface area contributed by atoms with Gasteiger partial charge in [0.15, 0.2) is 0 Å². The summed E-state index contributed by atoms with van der Waals surface area (Å²) >= 11 is 0. The predicted octanol–water partition coefficient (Wildman–Crippen LogP) is 6.87. The number of nitrogens with zero attached hydrogens (tertiary/aromatic N) is 1. The summed E-state index contributed by atoms with van der Waals surface area (Å²) in [5.41, 5.74) is 0.499. The molecule has 26 heavy (non-hydrogen) atoms. The van der Waals surface area contributed by atoms with Crippen LogP contribution in [0.15, 0.2) is 36.4 Å². The number of nitriles is 1. The number of allylic oxidation sites excluding steroid dienone is 2. The minimum atomic E-state index is -4.25. The van der Waals surface area contributed by atoms with Gasteiger partial charge >= 0.3 is 6.18 Å². The Hall–Kier alpha value is -1.76. The zero-order valence-electron chi connectivity index (χ0n) is 15.0. The van der Waals surface area contributed by atoms with Crippen LogP contribution < -0.4 is 0 Å². The van der Waals surface area contributed by atoms with Gasteiger partial charge in [-0.1, -0.05) is 18.2 Å². The Morgan fingerprint density at radius 2 is 1.38 bits per heavy atom. The van der Waals surface area contributed by atoms with Crippen molar-refractivity contribution in [1.29, 1.82) is 5.26 Å². The molecule has 140 valence electrons. The maximum atomic E-state index is 12.7. The highest BCUT2D eigenvalue weighted by Gasteiger charge is 2.32. The monoisotopic (exact) mass is 361 g/mol. The SMILES string of the molecule is N#C/C=C/C1CCC(C2CCC(c3ccc(C(F)(F)F)cc3)CC2)CC1. The molecule has 0 spiro atoms. The molecule has 0 saturated heterocycles. The van der Waals surface area contributed by atoms with Crippen molar-refractivity contribution < 1.29 is 13.2 Å². The van der Waals surface area contributed by atoms with Crippen molar-refractivity contribution in [3.63, 3.8) is 0 Å². The van der Waals surface area contributed by atoms with Crippen LogP contribution in [-0.2, 0) is 6.18 Å². The van der Waals surface area contributed by atoms with Gasteiger partial charge in [-0.15, -0.1) is 0 Å². The van der Waals surface area contributed by atoms with Crippen molar-refractivity contribution in [3.05, 3.63) is 47.5 Å². The van der Waals surface area contributed by atoms with Crippen molar-refractivity contribution in [1.82, 2.24) is 0 Å². The topological polar surface area (TPSA) is 23.8 Å². The quantitative estimate of drug-likeness (QED) is 0.539. The molecular formula is C22H26F3N. The summed E-state index contributed by atoms with van der Waals surface area (Å²) < 4.78 is 38.1. The number of benzene rings is 1. The normalized spacial score (nSPS) is 30.2. The van der Waals surface area contributed by atoms with Crippen LogP contribution in [0.1, 0.15) is 68.4 Å². The van der Waals surface area contributed by atoms with E-state index in [4.69, 9.17) is 5.26 Å². The van der Waals surface area contributed by atoms with Gasteiger partial charge in [0.2, 0.25) is 0 Å². The number of hydrogen-bond donors (Lipinski definition) is 0. The average Bonchev–Trinajstić information content (AvgIpc) is 2.66. The molecule has 2 aliphatic carbocycles. The summed E-state index contributed by atoms with van der Waals surface area (Å²) in [6, 6.07) is 7.85. The Morgan fingerprint density at radius 1 is 0.846 bits per heavy atom. The van der Waals surface area contributed by atoms with Crippen LogP contribution in [0.2, 0.25) is 0 Å². The van der Waals surface area contributed by atoms with Crippen molar-refractivity contribution >= 4 is 0 Å². The van der Waals surface area contributed by atoms with Crippen LogP contribution >= 0.6 is 0 Å². The lowest BCUT2D eigenvalue weighted by molar-refractivity contribution is -0.137. The third kappa shape index (κ3) is 4.69. The lowest BCUT2D eigenvalue weighted by atomic mass is 9.68. The first-order valence-corrected chi connectivity index (χ1v) is 9.71. The van der Waals surface area contributed by atoms with E-state index in [0.717, 1.165) is 30.2 Å². The minimum Gasteiger partial charge on any atom is -0.193 e. The first-order chi connectivity index (χ1) is 12.5. The van der Waals surface area contributed by atoms with Gasteiger partial charge in [0.25, 0.3) is 0 Å². The van der Waals surface area contributed by atoms with Crippen LogP contribution in [0.4, 0.5) is 13.2 Å². The molecule has 2 saturated carbocycles. The van der Waals surface area contributed by atoms with Crippen LogP contribution in [-0.4, -0.2) is 0 Å². The van der Waals surface area contributed by atoms with E-state index < -0.39 is 11.7 Å². The van der Waals surface area contributed by atoms with Crippen molar-refractivity contribution in [2.45, 2.75) is 63.5 Å². The van der Waals surface area contributed by atoms with E-state index in [2.05, 4.69) is 12.1 Å². The Morgan fingerprint density at radius 3 is 1.88 bits per heavy atom. The van der Waals surface area contributed by atoms with Crippen LogP contribution in [0.3, 0.4) is 0 Å². The molecule has 0 atom stereocenters. The molecule has 1 aromatic rings. The molecule has 0 aliphatic heterocycles. The molecule has 0 N–H and O–H groups in total. The first-order valence-electron chi connectivity index (χ1n) is 9.71. The fraction of sp³-hybridized carbons (Fsp3) is 0.591. The summed E-state index contributed by atoms with van der Waals surface area (Å²) in [6.07, 6.45) is 8.82. The molecule has 0 amide bonds. The Bertz CT molecular complexity index is 637. The molecule has 2 aliphatic rings. The molecule has 1 aromatic carbocycles. The Labute approximate surface area is 153 Å². The third-order valence-electron chi connectivity index (χ3n) is 6.41. The van der Waals surface area contributed by atoms with Crippen LogP contribution in [0.25, 0.3) is 0 Å². The van der Waals surface area contributed by atoms with Gasteiger partial charge in [0, 0.05) is 6.08 Å². The molecule has 0 bridgehead atoms. The Kier molecular flexibility index (Phi) is 6.06. The fourth-order valence-electron chi connectivity index (χ4n) is 4.86. The van der Waals surface area contributed by atoms with E-state index >= 15 is 0 Å². The molecule has 2 fully saturated rings. The minimum absolute atomic E-state index is 0.406. The average molecular weight is 361 g/mol. The van der Waals surface area contributed by atoms with E-state index in [1.165, 1.54) is 50.7 Å². The van der Waals surface area contributed by atoms with Gasteiger partial charge in [-0.25, -0.2) is 0 Å². The van der Waals surface area contributed by atoms with Gasteiger partial charge in [0.05, 0.1) is 11.6 Å². The maximum Gasteiger partial charge on any atom is 0.416 e. The van der Waals surface area contributed by atoms with Crippen molar-refractivity contribution in [2.75, 3.05) is 0 Å². The molecule has 3 rings (SSSR count). The summed E-state index contributed by atoms with van der Waals surface area (Å²) in [5, 5.41) is 8.63. The van der Waals surface area contributed by atoms with Gasteiger partial charge < -0.3 is 0 Å². The van der Waals surface area contributed by atoms with Crippen LogP contribution in [0.5, 0.6) is 0 Å². The Balaban J connectivity index is 1.49. The fourth-order valence-corrected chi connectivity index (χ4v) is 4.86. The highest BCUT2D eigenvalue weighted by Crippen LogP contribution is 2.44. The highest BCUT2D eigenvalue weighted by molar-refractivity contribution is 5.27. The lowest BCUT2D eigenvalue weighted by Crippen LogP contribution is -2.25. The second-order valence-corrected chi connectivity index (χ2v) is 7.89. The summed E-state index contributed by atoms with van der Waals surface area (Å²) in [6.45, 7) is 0. The second-order valence-electron chi connectivity index (χ2n) is 7.89. The van der Waals surface area contributed by atoms with Gasteiger partial charge in [0.1, 0.15) is 0 Å². The number of halogens is 3. The van der Waals surface area contributed by atoms with Gasteiger partial charge in [-0.3, -0.25) is 0 Å². The number of alkyl halides is 3. The van der Waals surface area contributed by atoms with E-state index in [1.54, 1.807) is 18.2 Å². The number of hydrogen-bond acceptors (Lipinski definition) is 1. The van der Waals surface area contributed by atoms with Gasteiger partial charge in [-0.05, 0) is 92.7 Å².